The first-order chi connectivity index (χ1) is 17.2. The van der Waals surface area contributed by atoms with Crippen molar-refractivity contribution in [2.75, 3.05) is 27.7 Å². The van der Waals surface area contributed by atoms with Crippen LogP contribution in [0.3, 0.4) is 0 Å². The van der Waals surface area contributed by atoms with Crippen molar-refractivity contribution in [1.29, 1.82) is 0 Å². The third-order valence-corrected chi connectivity index (χ3v) is 6.42. The number of furan rings is 1. The van der Waals surface area contributed by atoms with Gasteiger partial charge < -0.3 is 29.6 Å². The number of hydrogen-bond acceptors (Lipinski definition) is 6. The number of benzene rings is 2. The van der Waals surface area contributed by atoms with Crippen molar-refractivity contribution in [2.24, 2.45) is 0 Å². The topological polar surface area (TPSA) is 133 Å². The molecule has 1 saturated heterocycles. The maximum absolute atomic E-state index is 13.2. The van der Waals surface area contributed by atoms with Gasteiger partial charge in [-0.15, -0.1) is 0 Å². The molecule has 0 saturated carbocycles. The molecule has 2 aromatic carbocycles. The fourth-order valence-corrected chi connectivity index (χ4v) is 4.48. The zero-order chi connectivity index (χ0) is 25.6. The van der Waals surface area contributed by atoms with E-state index in [1.165, 1.54) is 16.9 Å². The largest absolute Gasteiger partial charge is 0.497 e. The first-order valence-electron chi connectivity index (χ1n) is 11.3. The summed E-state index contributed by atoms with van der Waals surface area (Å²) in [6, 6.07) is 11.4. The van der Waals surface area contributed by atoms with E-state index in [1.54, 1.807) is 44.4 Å². The fourth-order valence-electron chi connectivity index (χ4n) is 4.48. The van der Waals surface area contributed by atoms with Gasteiger partial charge in [-0.1, -0.05) is 12.1 Å². The number of amides is 6. The van der Waals surface area contributed by atoms with Crippen molar-refractivity contribution in [3.63, 3.8) is 0 Å². The number of carbonyl (C=O) groups is 4. The molecule has 0 radical (unpaired) electrons. The Morgan fingerprint density at radius 3 is 2.67 bits per heavy atom. The molecule has 2 aliphatic rings. The standard InChI is InChI=1S/C25H25N5O6/c1-29(2)24(34)26-11-14-4-7-19-16(8-14)9-20(36-19)25(22(32)27-23(33)28-25)13-30-12-15-5-6-17(35-3)10-18(15)21(30)31/h4-10H,11-13H2,1-3H3,(H,26,34)(H2,27,28,32,33)/t25-/m0/s1. The van der Waals surface area contributed by atoms with Gasteiger partial charge in [0.05, 0.1) is 13.7 Å². The summed E-state index contributed by atoms with van der Waals surface area (Å²) >= 11 is 0. The second kappa shape index (κ2) is 8.59. The van der Waals surface area contributed by atoms with Gasteiger partial charge in [0.1, 0.15) is 17.1 Å². The molecule has 0 bridgehead atoms. The van der Waals surface area contributed by atoms with Crippen LogP contribution in [0, 0.1) is 0 Å². The van der Waals surface area contributed by atoms with Crippen molar-refractivity contribution < 1.29 is 28.3 Å². The minimum absolute atomic E-state index is 0.119. The summed E-state index contributed by atoms with van der Waals surface area (Å²) in [4.78, 5) is 53.3. The van der Waals surface area contributed by atoms with Gasteiger partial charge in [0, 0.05) is 38.1 Å². The Balaban J connectivity index is 1.45. The molecule has 6 amide bonds. The molecule has 3 aromatic rings. The minimum Gasteiger partial charge on any atom is -0.497 e. The Kier molecular flexibility index (Phi) is 5.54. The zero-order valence-electron chi connectivity index (χ0n) is 20.0. The molecule has 1 aromatic heterocycles. The molecule has 36 heavy (non-hydrogen) atoms. The van der Waals surface area contributed by atoms with Crippen molar-refractivity contribution in [2.45, 2.75) is 18.6 Å². The van der Waals surface area contributed by atoms with Crippen LogP contribution in [0.5, 0.6) is 5.75 Å². The van der Waals surface area contributed by atoms with Crippen LogP contribution in [0.25, 0.3) is 11.0 Å². The van der Waals surface area contributed by atoms with Crippen LogP contribution in [0.2, 0.25) is 0 Å². The lowest BCUT2D eigenvalue weighted by atomic mass is 9.95. The highest BCUT2D eigenvalue weighted by molar-refractivity contribution is 6.08. The van der Waals surface area contributed by atoms with Crippen LogP contribution in [0.15, 0.2) is 46.9 Å². The zero-order valence-corrected chi connectivity index (χ0v) is 20.0. The average molecular weight is 492 g/mol. The van der Waals surface area contributed by atoms with Crippen LogP contribution >= 0.6 is 0 Å². The predicted octanol–water partition coefficient (Wildman–Crippen LogP) is 1.90. The third-order valence-electron chi connectivity index (χ3n) is 6.42. The molecule has 3 N–H and O–H groups in total. The van der Waals surface area contributed by atoms with E-state index in [4.69, 9.17) is 9.15 Å². The normalized spacial score (nSPS) is 18.8. The molecule has 2 aliphatic heterocycles. The smallest absolute Gasteiger partial charge is 0.322 e. The number of ether oxygens (including phenoxy) is 1. The van der Waals surface area contributed by atoms with Gasteiger partial charge in [-0.05, 0) is 41.5 Å². The highest BCUT2D eigenvalue weighted by atomic mass is 16.5. The van der Waals surface area contributed by atoms with Crippen LogP contribution in [0.4, 0.5) is 9.59 Å². The number of fused-ring (bicyclic) bond motifs is 2. The molecule has 0 unspecified atom stereocenters. The maximum Gasteiger partial charge on any atom is 0.322 e. The van der Waals surface area contributed by atoms with Crippen molar-refractivity contribution in [1.82, 2.24) is 25.8 Å². The van der Waals surface area contributed by atoms with Gasteiger partial charge in [-0.2, -0.15) is 0 Å². The number of rotatable bonds is 6. The van der Waals surface area contributed by atoms with Crippen molar-refractivity contribution >= 4 is 34.8 Å². The lowest BCUT2D eigenvalue weighted by Crippen LogP contribution is -2.52. The second-order valence-electron chi connectivity index (χ2n) is 9.03. The maximum atomic E-state index is 13.2. The number of hydrogen-bond donors (Lipinski definition) is 3. The number of nitrogens with one attached hydrogen (secondary N) is 3. The van der Waals surface area contributed by atoms with E-state index in [0.29, 0.717) is 28.8 Å². The van der Waals surface area contributed by atoms with E-state index in [9.17, 15) is 19.2 Å². The second-order valence-corrected chi connectivity index (χ2v) is 9.03. The van der Waals surface area contributed by atoms with Crippen LogP contribution in [-0.2, 0) is 23.4 Å². The molecule has 0 spiro atoms. The quantitative estimate of drug-likeness (QED) is 0.451. The summed E-state index contributed by atoms with van der Waals surface area (Å²) in [5, 5.41) is 8.45. The third kappa shape index (κ3) is 3.88. The number of nitrogens with zero attached hydrogens (tertiary/aromatic N) is 2. The van der Waals surface area contributed by atoms with E-state index in [1.807, 2.05) is 12.1 Å². The molecule has 3 heterocycles. The Bertz CT molecular complexity index is 1410. The van der Waals surface area contributed by atoms with E-state index >= 15 is 0 Å². The van der Waals surface area contributed by atoms with Crippen LogP contribution < -0.4 is 20.7 Å². The Morgan fingerprint density at radius 1 is 1.17 bits per heavy atom. The lowest BCUT2D eigenvalue weighted by molar-refractivity contribution is -0.125. The summed E-state index contributed by atoms with van der Waals surface area (Å²) in [6.45, 7) is 0.463. The fraction of sp³-hybridized carbons (Fsp3) is 0.280. The summed E-state index contributed by atoms with van der Waals surface area (Å²) in [7, 11) is 4.83. The van der Waals surface area contributed by atoms with Crippen molar-refractivity contribution in [3.05, 3.63) is 64.9 Å². The van der Waals surface area contributed by atoms with Gasteiger partial charge in [0.15, 0.2) is 5.54 Å². The number of imide groups is 1. The van der Waals surface area contributed by atoms with Gasteiger partial charge in [-0.3, -0.25) is 14.9 Å². The van der Waals surface area contributed by atoms with E-state index in [-0.39, 0.29) is 30.8 Å². The molecular formula is C25H25N5O6. The van der Waals surface area contributed by atoms with Gasteiger partial charge in [-0.25, -0.2) is 9.59 Å². The molecule has 5 rings (SSSR count). The van der Waals surface area contributed by atoms with Gasteiger partial charge in [0.25, 0.3) is 11.8 Å². The average Bonchev–Trinajstić information content (AvgIpc) is 3.50. The molecule has 11 heteroatoms. The highest BCUT2D eigenvalue weighted by Crippen LogP contribution is 2.35. The Morgan fingerprint density at radius 2 is 1.97 bits per heavy atom. The van der Waals surface area contributed by atoms with Crippen LogP contribution in [-0.4, -0.2) is 61.4 Å². The molecule has 0 aliphatic carbocycles. The number of methoxy groups -OCH3 is 1. The van der Waals surface area contributed by atoms with E-state index < -0.39 is 17.5 Å². The predicted molar refractivity (Wildman–Crippen MR) is 128 cm³/mol. The Labute approximate surface area is 206 Å². The van der Waals surface area contributed by atoms with Crippen LogP contribution in [0.1, 0.15) is 27.2 Å². The van der Waals surface area contributed by atoms with E-state index in [2.05, 4.69) is 16.0 Å². The Hall–Kier alpha value is -4.54. The monoisotopic (exact) mass is 491 g/mol. The molecule has 186 valence electrons. The summed E-state index contributed by atoms with van der Waals surface area (Å²) in [6.07, 6.45) is 0. The molecular weight excluding hydrogens is 466 g/mol. The first kappa shape index (κ1) is 23.2. The van der Waals surface area contributed by atoms with Crippen molar-refractivity contribution in [3.8, 4) is 5.75 Å². The van der Waals surface area contributed by atoms with Gasteiger partial charge >= 0.3 is 12.1 Å². The number of carbonyl (C=O) groups excluding carboxylic acids is 4. The molecule has 11 nitrogen and oxygen atoms in total. The first-order valence-corrected chi connectivity index (χ1v) is 11.3. The molecule has 1 fully saturated rings. The molecule has 1 atom stereocenters. The SMILES string of the molecule is COc1ccc2c(c1)C(=O)N(C[C@@]1(c3cc4cc(CNC(=O)N(C)C)ccc4o3)NC(=O)NC1=O)C2. The summed E-state index contributed by atoms with van der Waals surface area (Å²) in [5.41, 5.74) is 1.02. The highest BCUT2D eigenvalue weighted by Gasteiger charge is 2.53. The summed E-state index contributed by atoms with van der Waals surface area (Å²) < 4.78 is 11.3. The summed E-state index contributed by atoms with van der Waals surface area (Å²) in [5.74, 6) is -0.115. The minimum atomic E-state index is -1.60. The lowest BCUT2D eigenvalue weighted by Gasteiger charge is -2.29. The van der Waals surface area contributed by atoms with E-state index in [0.717, 1.165) is 11.1 Å². The number of urea groups is 2. The van der Waals surface area contributed by atoms with Gasteiger partial charge in [0.2, 0.25) is 0 Å².